The molecule has 2 rings (SSSR count). The van der Waals surface area contributed by atoms with Gasteiger partial charge in [0.05, 0.1) is 24.4 Å². The highest BCUT2D eigenvalue weighted by atomic mass is 35.5. The van der Waals surface area contributed by atoms with Gasteiger partial charge in [0.2, 0.25) is 5.91 Å². The minimum Gasteiger partial charge on any atom is -0.508 e. The van der Waals surface area contributed by atoms with Crippen LogP contribution in [0.4, 0.5) is 5.69 Å². The van der Waals surface area contributed by atoms with Gasteiger partial charge < -0.3 is 15.2 Å². The van der Waals surface area contributed by atoms with Crippen LogP contribution in [0.5, 0.6) is 5.75 Å². The Balaban J connectivity index is 2.04. The van der Waals surface area contributed by atoms with E-state index in [-0.39, 0.29) is 18.2 Å². The van der Waals surface area contributed by atoms with Crippen LogP contribution in [0, 0.1) is 0 Å². The zero-order valence-corrected chi connectivity index (χ0v) is 13.7. The van der Waals surface area contributed by atoms with Gasteiger partial charge in [-0.2, -0.15) is 0 Å². The summed E-state index contributed by atoms with van der Waals surface area (Å²) in [5.41, 5.74) is 0.977. The number of carbonyl (C=O) groups is 2. The summed E-state index contributed by atoms with van der Waals surface area (Å²) < 4.78 is 4.74. The molecule has 0 fully saturated rings. The van der Waals surface area contributed by atoms with Crippen molar-refractivity contribution >= 4 is 29.2 Å². The number of rotatable bonds is 6. The first-order chi connectivity index (χ1) is 11.5. The first-order valence-electron chi connectivity index (χ1n) is 7.16. The lowest BCUT2D eigenvalue weighted by molar-refractivity contribution is -0.143. The summed E-state index contributed by atoms with van der Waals surface area (Å²) in [7, 11) is 1.25. The molecule has 0 bridgehead atoms. The van der Waals surface area contributed by atoms with E-state index in [1.54, 1.807) is 36.4 Å². The fourth-order valence-electron chi connectivity index (χ4n) is 2.11. The van der Waals surface area contributed by atoms with Gasteiger partial charge in [-0.15, -0.1) is 0 Å². The molecule has 0 spiro atoms. The Morgan fingerprint density at radius 3 is 2.62 bits per heavy atom. The summed E-state index contributed by atoms with van der Waals surface area (Å²) >= 11 is 5.98. The van der Waals surface area contributed by atoms with Crippen LogP contribution in [0.1, 0.15) is 11.6 Å². The fourth-order valence-corrected chi connectivity index (χ4v) is 2.29. The number of ether oxygens (including phenoxy) is 1. The van der Waals surface area contributed by atoms with E-state index in [2.05, 4.69) is 10.6 Å². The molecule has 0 saturated carbocycles. The molecule has 1 atom stereocenters. The van der Waals surface area contributed by atoms with E-state index in [1.807, 2.05) is 0 Å². The van der Waals surface area contributed by atoms with Gasteiger partial charge in [0, 0.05) is 0 Å². The lowest BCUT2D eigenvalue weighted by Crippen LogP contribution is -2.35. The first-order valence-corrected chi connectivity index (χ1v) is 7.53. The second kappa shape index (κ2) is 8.33. The molecule has 0 radical (unpaired) electrons. The van der Waals surface area contributed by atoms with Crippen LogP contribution >= 0.6 is 11.6 Å². The number of amides is 1. The molecule has 0 heterocycles. The largest absolute Gasteiger partial charge is 0.508 e. The Kier molecular flexibility index (Phi) is 6.17. The predicted octanol–water partition coefficient (Wildman–Crippen LogP) is 2.49. The van der Waals surface area contributed by atoms with Gasteiger partial charge in [0.15, 0.2) is 0 Å². The number of esters is 1. The summed E-state index contributed by atoms with van der Waals surface area (Å²) in [5, 5.41) is 15.4. The zero-order chi connectivity index (χ0) is 17.5. The molecule has 24 heavy (non-hydrogen) atoms. The van der Waals surface area contributed by atoms with Crippen molar-refractivity contribution in [1.82, 2.24) is 5.32 Å². The molecular weight excluding hydrogens is 332 g/mol. The smallest absolute Gasteiger partial charge is 0.327 e. The maximum atomic E-state index is 12.0. The molecule has 126 valence electrons. The van der Waals surface area contributed by atoms with Crippen LogP contribution in [0.2, 0.25) is 5.02 Å². The van der Waals surface area contributed by atoms with Crippen LogP contribution < -0.4 is 10.6 Å². The summed E-state index contributed by atoms with van der Waals surface area (Å²) in [6.45, 7) is -0.138. The van der Waals surface area contributed by atoms with Crippen molar-refractivity contribution in [3.8, 4) is 5.75 Å². The molecule has 1 amide bonds. The number of hydrogen-bond acceptors (Lipinski definition) is 5. The molecular formula is C17H17ClN2O4. The number of nitrogens with one attached hydrogen (secondary N) is 2. The van der Waals surface area contributed by atoms with Crippen molar-refractivity contribution in [2.45, 2.75) is 6.04 Å². The molecule has 2 aromatic carbocycles. The van der Waals surface area contributed by atoms with Crippen LogP contribution in [0.25, 0.3) is 0 Å². The third-order valence-corrected chi connectivity index (χ3v) is 3.58. The molecule has 0 aliphatic carbocycles. The normalized spacial score (nSPS) is 11.6. The average molecular weight is 349 g/mol. The number of anilines is 1. The number of phenols is 1. The number of benzene rings is 2. The van der Waals surface area contributed by atoms with Gasteiger partial charge in [0.1, 0.15) is 11.8 Å². The topological polar surface area (TPSA) is 87.7 Å². The second-order valence-electron chi connectivity index (χ2n) is 4.96. The van der Waals surface area contributed by atoms with Gasteiger partial charge in [-0.05, 0) is 29.8 Å². The first kappa shape index (κ1) is 17.8. The highest BCUT2D eigenvalue weighted by Gasteiger charge is 2.22. The lowest BCUT2D eigenvalue weighted by Gasteiger charge is -2.17. The van der Waals surface area contributed by atoms with Crippen molar-refractivity contribution < 1.29 is 19.4 Å². The number of hydrogen-bond donors (Lipinski definition) is 3. The number of halogens is 1. The van der Waals surface area contributed by atoms with Crippen molar-refractivity contribution in [3.63, 3.8) is 0 Å². The SMILES string of the molecule is COC(=O)C(NCC(=O)Nc1ccccc1Cl)c1cccc(O)c1. The lowest BCUT2D eigenvalue weighted by atomic mass is 10.1. The summed E-state index contributed by atoms with van der Waals surface area (Å²) in [6, 6.07) is 12.1. The van der Waals surface area contributed by atoms with E-state index in [0.29, 0.717) is 16.3 Å². The predicted molar refractivity (Wildman–Crippen MR) is 90.9 cm³/mol. The van der Waals surface area contributed by atoms with E-state index < -0.39 is 12.0 Å². The monoisotopic (exact) mass is 348 g/mol. The number of aromatic hydroxyl groups is 1. The van der Waals surface area contributed by atoms with Crippen molar-refractivity contribution in [3.05, 3.63) is 59.1 Å². The van der Waals surface area contributed by atoms with Crippen molar-refractivity contribution in [2.75, 3.05) is 19.0 Å². The van der Waals surface area contributed by atoms with Crippen molar-refractivity contribution in [2.24, 2.45) is 0 Å². The van der Waals surface area contributed by atoms with Gasteiger partial charge in [-0.3, -0.25) is 10.1 Å². The standard InChI is InChI=1S/C17H17ClN2O4/c1-24-17(23)16(11-5-4-6-12(21)9-11)19-10-15(22)20-14-8-3-2-7-13(14)18/h2-9,16,19,21H,10H2,1H3,(H,20,22). The fraction of sp³-hybridized carbons (Fsp3) is 0.176. The summed E-state index contributed by atoms with van der Waals surface area (Å²) in [4.78, 5) is 24.0. The Morgan fingerprint density at radius 1 is 1.21 bits per heavy atom. The Morgan fingerprint density at radius 2 is 1.96 bits per heavy atom. The third kappa shape index (κ3) is 4.71. The van der Waals surface area contributed by atoms with Crippen LogP contribution in [0.3, 0.4) is 0 Å². The van der Waals surface area contributed by atoms with Gasteiger partial charge >= 0.3 is 5.97 Å². The molecule has 7 heteroatoms. The van der Waals surface area contributed by atoms with E-state index in [0.717, 1.165) is 0 Å². The number of carbonyl (C=O) groups excluding carboxylic acids is 2. The van der Waals surface area contributed by atoms with Gasteiger partial charge in [0.25, 0.3) is 0 Å². The van der Waals surface area contributed by atoms with Gasteiger partial charge in [-0.1, -0.05) is 35.9 Å². The molecule has 3 N–H and O–H groups in total. The maximum Gasteiger partial charge on any atom is 0.327 e. The molecule has 0 aromatic heterocycles. The highest BCUT2D eigenvalue weighted by Crippen LogP contribution is 2.21. The molecule has 6 nitrogen and oxygen atoms in total. The molecule has 2 aromatic rings. The van der Waals surface area contributed by atoms with Gasteiger partial charge in [-0.25, -0.2) is 4.79 Å². The highest BCUT2D eigenvalue weighted by molar-refractivity contribution is 6.33. The number of phenolic OH excluding ortho intramolecular Hbond substituents is 1. The molecule has 1 unspecified atom stereocenters. The summed E-state index contributed by atoms with van der Waals surface area (Å²) in [5.74, 6) is -0.910. The number of para-hydroxylation sites is 1. The zero-order valence-electron chi connectivity index (χ0n) is 13.0. The van der Waals surface area contributed by atoms with Crippen molar-refractivity contribution in [1.29, 1.82) is 0 Å². The average Bonchev–Trinajstić information content (AvgIpc) is 2.57. The van der Waals surface area contributed by atoms with Crippen LogP contribution in [-0.4, -0.2) is 30.6 Å². The quantitative estimate of drug-likeness (QED) is 0.698. The summed E-state index contributed by atoms with van der Waals surface area (Å²) in [6.07, 6.45) is 0. The second-order valence-corrected chi connectivity index (χ2v) is 5.37. The Bertz CT molecular complexity index is 736. The molecule has 0 aliphatic rings. The van der Waals surface area contributed by atoms with E-state index in [1.165, 1.54) is 19.2 Å². The minimum atomic E-state index is -0.876. The molecule has 0 aliphatic heterocycles. The van der Waals surface area contributed by atoms with E-state index >= 15 is 0 Å². The molecule has 0 saturated heterocycles. The van der Waals surface area contributed by atoms with Crippen LogP contribution in [0.15, 0.2) is 48.5 Å². The Labute approximate surface area is 144 Å². The van der Waals surface area contributed by atoms with E-state index in [4.69, 9.17) is 16.3 Å². The third-order valence-electron chi connectivity index (χ3n) is 3.26. The van der Waals surface area contributed by atoms with Crippen LogP contribution in [-0.2, 0) is 14.3 Å². The maximum absolute atomic E-state index is 12.0. The Hall–Kier alpha value is -2.57. The minimum absolute atomic E-state index is 0.0173. The number of methoxy groups -OCH3 is 1. The van der Waals surface area contributed by atoms with E-state index in [9.17, 15) is 14.7 Å².